The minimum atomic E-state index is 0.636. The Labute approximate surface area is 96.4 Å². The van der Waals surface area contributed by atoms with Crippen molar-refractivity contribution in [3.05, 3.63) is 0 Å². The zero-order valence-electron chi connectivity index (χ0n) is 9.43. The summed E-state index contributed by atoms with van der Waals surface area (Å²) in [6, 6.07) is 0. The Morgan fingerprint density at radius 2 is 1.93 bits per heavy atom. The Morgan fingerprint density at radius 3 is 2.43 bits per heavy atom. The Balaban J connectivity index is 1.86. The molecule has 2 aliphatic rings. The van der Waals surface area contributed by atoms with Crippen LogP contribution in [0.25, 0.3) is 0 Å². The molecule has 0 bridgehead atoms. The molecule has 2 unspecified atom stereocenters. The number of hydrogen-bond acceptors (Lipinski definition) is 1. The maximum absolute atomic E-state index is 3.77. The summed E-state index contributed by atoms with van der Waals surface area (Å²) in [5.74, 6) is 0.833. The van der Waals surface area contributed by atoms with Crippen LogP contribution in [0.1, 0.15) is 39.5 Å². The molecule has 1 saturated carbocycles. The van der Waals surface area contributed by atoms with Crippen LogP contribution in [-0.2, 0) is 0 Å². The van der Waals surface area contributed by atoms with Gasteiger partial charge in [-0.1, -0.05) is 42.6 Å². The maximum Gasteiger partial charge on any atom is 0.0310 e. The van der Waals surface area contributed by atoms with E-state index in [0.717, 1.165) is 10.7 Å². The number of rotatable bonds is 2. The molecular weight excluding hydrogens is 238 g/mol. The minimum absolute atomic E-state index is 0.636. The van der Waals surface area contributed by atoms with Gasteiger partial charge in [0.2, 0.25) is 0 Å². The molecule has 0 amide bonds. The Kier molecular flexibility index (Phi) is 3.23. The lowest BCUT2D eigenvalue weighted by Crippen LogP contribution is -2.33. The van der Waals surface area contributed by atoms with E-state index in [1.54, 1.807) is 0 Å². The quantitative estimate of drug-likeness (QED) is 0.689. The van der Waals surface area contributed by atoms with Crippen LogP contribution in [-0.4, -0.2) is 29.4 Å². The van der Waals surface area contributed by atoms with Crippen molar-refractivity contribution >= 4 is 15.9 Å². The summed E-state index contributed by atoms with van der Waals surface area (Å²) in [4.78, 5) is 3.39. The monoisotopic (exact) mass is 259 g/mol. The molecule has 1 aliphatic heterocycles. The Bertz CT molecular complexity index is 188. The lowest BCUT2D eigenvalue weighted by molar-refractivity contribution is 0.192. The summed E-state index contributed by atoms with van der Waals surface area (Å²) in [6.07, 6.45) is 5.81. The van der Waals surface area contributed by atoms with Crippen LogP contribution in [0.5, 0.6) is 0 Å². The summed E-state index contributed by atoms with van der Waals surface area (Å²) < 4.78 is 0. The lowest BCUT2D eigenvalue weighted by Gasteiger charge is -2.29. The largest absolute Gasteiger partial charge is 0.301 e. The average Bonchev–Trinajstić information content (AvgIpc) is 2.62. The van der Waals surface area contributed by atoms with Crippen molar-refractivity contribution < 1.29 is 0 Å². The predicted octanol–water partition coefficient (Wildman–Crippen LogP) is 3.28. The van der Waals surface area contributed by atoms with Crippen molar-refractivity contribution in [3.8, 4) is 0 Å². The van der Waals surface area contributed by atoms with E-state index in [-0.39, 0.29) is 0 Å². The third-order valence-corrected chi connectivity index (χ3v) is 5.20. The summed E-state index contributed by atoms with van der Waals surface area (Å²) >= 11 is 3.77. The van der Waals surface area contributed by atoms with Crippen LogP contribution in [0.2, 0.25) is 0 Å². The molecule has 1 aliphatic carbocycles. The van der Waals surface area contributed by atoms with Crippen LogP contribution in [0.15, 0.2) is 0 Å². The van der Waals surface area contributed by atoms with Crippen LogP contribution < -0.4 is 0 Å². The smallest absolute Gasteiger partial charge is 0.0310 e. The first-order chi connectivity index (χ1) is 6.59. The third kappa shape index (κ3) is 2.33. The van der Waals surface area contributed by atoms with Gasteiger partial charge in [0.05, 0.1) is 0 Å². The zero-order valence-corrected chi connectivity index (χ0v) is 11.0. The summed E-state index contributed by atoms with van der Waals surface area (Å²) in [7, 11) is 0. The van der Waals surface area contributed by atoms with Gasteiger partial charge in [-0.25, -0.2) is 0 Å². The van der Waals surface area contributed by atoms with Gasteiger partial charge in [-0.3, -0.25) is 0 Å². The standard InChI is InChI=1S/C12H22BrN/c1-10-7-14(8-11(10)13)9-12(2)5-3-4-6-12/h10-11H,3-9H2,1-2H3. The molecule has 82 valence electrons. The van der Waals surface area contributed by atoms with Gasteiger partial charge in [0.25, 0.3) is 0 Å². The fraction of sp³-hybridized carbons (Fsp3) is 1.00. The van der Waals surface area contributed by atoms with Crippen molar-refractivity contribution in [3.63, 3.8) is 0 Å². The Hall–Kier alpha value is 0.440. The molecule has 0 aromatic heterocycles. The number of likely N-dealkylation sites (tertiary alicyclic amines) is 1. The molecule has 1 saturated heterocycles. The SMILES string of the molecule is CC1CN(CC2(C)CCCC2)CC1Br. The molecule has 2 rings (SSSR count). The van der Waals surface area contributed by atoms with Crippen molar-refractivity contribution in [1.82, 2.24) is 4.90 Å². The molecule has 14 heavy (non-hydrogen) atoms. The van der Waals surface area contributed by atoms with Gasteiger partial charge in [-0.2, -0.15) is 0 Å². The first kappa shape index (κ1) is 10.9. The van der Waals surface area contributed by atoms with Crippen LogP contribution in [0, 0.1) is 11.3 Å². The highest BCUT2D eigenvalue weighted by Gasteiger charge is 2.35. The summed E-state index contributed by atoms with van der Waals surface area (Å²) in [5.41, 5.74) is 0.636. The van der Waals surface area contributed by atoms with Crippen LogP contribution in [0.3, 0.4) is 0 Å². The second kappa shape index (κ2) is 4.13. The highest BCUT2D eigenvalue weighted by Crippen LogP contribution is 2.39. The highest BCUT2D eigenvalue weighted by molar-refractivity contribution is 9.09. The van der Waals surface area contributed by atoms with Gasteiger partial charge in [0, 0.05) is 24.5 Å². The number of halogens is 1. The highest BCUT2D eigenvalue weighted by atomic mass is 79.9. The molecule has 2 heteroatoms. The van der Waals surface area contributed by atoms with Crippen molar-refractivity contribution in [1.29, 1.82) is 0 Å². The fourth-order valence-electron chi connectivity index (χ4n) is 3.08. The minimum Gasteiger partial charge on any atom is -0.301 e. The second-order valence-corrected chi connectivity index (χ2v) is 6.88. The van der Waals surface area contributed by atoms with Crippen LogP contribution >= 0.6 is 15.9 Å². The van der Waals surface area contributed by atoms with E-state index in [4.69, 9.17) is 0 Å². The van der Waals surface area contributed by atoms with Crippen LogP contribution in [0.4, 0.5) is 0 Å². The molecular formula is C12H22BrN. The Morgan fingerprint density at radius 1 is 1.29 bits per heavy atom. The average molecular weight is 260 g/mol. The van der Waals surface area contributed by atoms with Crippen molar-refractivity contribution in [2.45, 2.75) is 44.4 Å². The molecule has 0 spiro atoms. The van der Waals surface area contributed by atoms with Crippen molar-refractivity contribution in [2.24, 2.45) is 11.3 Å². The van der Waals surface area contributed by atoms with E-state index in [1.165, 1.54) is 45.3 Å². The molecule has 2 atom stereocenters. The van der Waals surface area contributed by atoms with E-state index < -0.39 is 0 Å². The van der Waals surface area contributed by atoms with Gasteiger partial charge in [0.1, 0.15) is 0 Å². The van der Waals surface area contributed by atoms with E-state index in [9.17, 15) is 0 Å². The first-order valence-electron chi connectivity index (χ1n) is 5.95. The zero-order chi connectivity index (χ0) is 10.2. The van der Waals surface area contributed by atoms with E-state index >= 15 is 0 Å². The molecule has 0 aromatic carbocycles. The lowest BCUT2D eigenvalue weighted by atomic mass is 9.88. The normalized spacial score (nSPS) is 37.9. The van der Waals surface area contributed by atoms with E-state index in [2.05, 4.69) is 34.7 Å². The summed E-state index contributed by atoms with van der Waals surface area (Å²) in [6.45, 7) is 8.73. The predicted molar refractivity (Wildman–Crippen MR) is 64.9 cm³/mol. The molecule has 1 nitrogen and oxygen atoms in total. The third-order valence-electron chi connectivity index (χ3n) is 4.01. The van der Waals surface area contributed by atoms with Gasteiger partial charge >= 0.3 is 0 Å². The molecule has 0 aromatic rings. The van der Waals surface area contributed by atoms with Gasteiger partial charge in [-0.15, -0.1) is 0 Å². The number of alkyl halides is 1. The first-order valence-corrected chi connectivity index (χ1v) is 6.87. The van der Waals surface area contributed by atoms with Gasteiger partial charge < -0.3 is 4.90 Å². The molecule has 2 fully saturated rings. The van der Waals surface area contributed by atoms with Gasteiger partial charge in [0.15, 0.2) is 0 Å². The topological polar surface area (TPSA) is 3.24 Å². The molecule has 0 N–H and O–H groups in total. The molecule has 1 heterocycles. The fourth-order valence-corrected chi connectivity index (χ4v) is 3.66. The maximum atomic E-state index is 3.77. The molecule has 0 radical (unpaired) electrons. The van der Waals surface area contributed by atoms with E-state index in [0.29, 0.717) is 5.41 Å². The second-order valence-electron chi connectivity index (χ2n) is 5.71. The number of hydrogen-bond donors (Lipinski definition) is 0. The summed E-state index contributed by atoms with van der Waals surface area (Å²) in [5, 5.41) is 0. The van der Waals surface area contributed by atoms with Gasteiger partial charge in [-0.05, 0) is 24.2 Å². The van der Waals surface area contributed by atoms with Crippen molar-refractivity contribution in [2.75, 3.05) is 19.6 Å². The number of nitrogens with zero attached hydrogens (tertiary/aromatic N) is 1. The van der Waals surface area contributed by atoms with E-state index in [1.807, 2.05) is 0 Å².